The van der Waals surface area contributed by atoms with Gasteiger partial charge >= 0.3 is 0 Å². The van der Waals surface area contributed by atoms with Gasteiger partial charge in [-0.3, -0.25) is 4.79 Å². The zero-order valence-electron chi connectivity index (χ0n) is 10.7. The second kappa shape index (κ2) is 5.22. The topological polar surface area (TPSA) is 52.9 Å². The van der Waals surface area contributed by atoms with E-state index >= 15 is 0 Å². The molecule has 0 aromatic heterocycles. The van der Waals surface area contributed by atoms with Crippen molar-refractivity contribution < 1.29 is 4.79 Å². The van der Waals surface area contributed by atoms with Crippen molar-refractivity contribution in [3.63, 3.8) is 0 Å². The maximum absolute atomic E-state index is 12.0. The highest BCUT2D eigenvalue weighted by Gasteiger charge is 2.44. The summed E-state index contributed by atoms with van der Waals surface area (Å²) >= 11 is 0. The minimum Gasteiger partial charge on any atom is -0.325 e. The highest BCUT2D eigenvalue weighted by atomic mass is 16.2. The molecule has 1 N–H and O–H groups in total. The molecule has 1 aromatic rings. The summed E-state index contributed by atoms with van der Waals surface area (Å²) < 4.78 is 0. The molecular formula is C15H18N2O. The van der Waals surface area contributed by atoms with Crippen LogP contribution in [-0.2, 0) is 11.2 Å². The van der Waals surface area contributed by atoms with Crippen molar-refractivity contribution in [3.8, 4) is 6.07 Å². The summed E-state index contributed by atoms with van der Waals surface area (Å²) in [5.74, 6) is -0.153. The van der Waals surface area contributed by atoms with Crippen LogP contribution in [0.4, 0.5) is 5.69 Å². The first-order valence-corrected chi connectivity index (χ1v) is 6.52. The largest absolute Gasteiger partial charge is 0.325 e. The van der Waals surface area contributed by atoms with Gasteiger partial charge < -0.3 is 5.32 Å². The Morgan fingerprint density at radius 2 is 2.06 bits per heavy atom. The van der Waals surface area contributed by atoms with E-state index in [1.165, 1.54) is 5.56 Å². The van der Waals surface area contributed by atoms with Gasteiger partial charge in [0.15, 0.2) is 0 Å². The standard InChI is InChI=1S/C15H18N2O/c1-2-4-12-5-7-13(8-6-12)17-14(18)15(11-16)9-3-10-15/h5-8H,2-4,9-10H2,1H3,(H,17,18). The smallest absolute Gasteiger partial charge is 0.244 e. The number of hydrogen-bond acceptors (Lipinski definition) is 2. The fourth-order valence-corrected chi connectivity index (χ4v) is 2.21. The van der Waals surface area contributed by atoms with Gasteiger partial charge in [0.25, 0.3) is 0 Å². The molecule has 2 rings (SSSR count). The lowest BCUT2D eigenvalue weighted by molar-refractivity contribution is -0.126. The second-order valence-electron chi connectivity index (χ2n) is 4.95. The molecule has 0 bridgehead atoms. The van der Waals surface area contributed by atoms with E-state index < -0.39 is 5.41 Å². The number of carbonyl (C=O) groups excluding carboxylic acids is 1. The molecule has 94 valence electrons. The van der Waals surface area contributed by atoms with E-state index in [4.69, 9.17) is 5.26 Å². The second-order valence-corrected chi connectivity index (χ2v) is 4.95. The zero-order valence-corrected chi connectivity index (χ0v) is 10.7. The molecule has 0 aliphatic heterocycles. The Balaban J connectivity index is 2.01. The summed E-state index contributed by atoms with van der Waals surface area (Å²) in [5.41, 5.74) is 1.28. The monoisotopic (exact) mass is 242 g/mol. The molecule has 3 heteroatoms. The molecule has 1 aliphatic carbocycles. The van der Waals surface area contributed by atoms with E-state index in [-0.39, 0.29) is 5.91 Å². The number of amides is 1. The first-order valence-electron chi connectivity index (χ1n) is 6.52. The SMILES string of the molecule is CCCc1ccc(NC(=O)C2(C#N)CCC2)cc1. The zero-order chi connectivity index (χ0) is 13.0. The third-order valence-electron chi connectivity index (χ3n) is 3.61. The third-order valence-corrected chi connectivity index (χ3v) is 3.61. The lowest BCUT2D eigenvalue weighted by atomic mass is 9.69. The first-order chi connectivity index (χ1) is 8.70. The molecule has 0 heterocycles. The van der Waals surface area contributed by atoms with Gasteiger partial charge in [0.1, 0.15) is 5.41 Å². The molecule has 0 radical (unpaired) electrons. The van der Waals surface area contributed by atoms with Crippen LogP contribution in [0, 0.1) is 16.7 Å². The Labute approximate surface area is 108 Å². The lowest BCUT2D eigenvalue weighted by Gasteiger charge is -2.33. The van der Waals surface area contributed by atoms with Gasteiger partial charge in [-0.05, 0) is 43.4 Å². The summed E-state index contributed by atoms with van der Waals surface area (Å²) in [5, 5.41) is 11.9. The van der Waals surface area contributed by atoms with Crippen LogP contribution in [0.25, 0.3) is 0 Å². The van der Waals surface area contributed by atoms with Crippen LogP contribution >= 0.6 is 0 Å². The third kappa shape index (κ3) is 2.38. The number of benzene rings is 1. The number of nitrogens with one attached hydrogen (secondary N) is 1. The quantitative estimate of drug-likeness (QED) is 0.881. The van der Waals surface area contributed by atoms with E-state index in [0.717, 1.165) is 24.9 Å². The Morgan fingerprint density at radius 1 is 1.39 bits per heavy atom. The van der Waals surface area contributed by atoms with Crippen molar-refractivity contribution >= 4 is 11.6 Å². The van der Waals surface area contributed by atoms with Crippen LogP contribution in [0.2, 0.25) is 0 Å². The van der Waals surface area contributed by atoms with Crippen LogP contribution < -0.4 is 5.32 Å². The van der Waals surface area contributed by atoms with Crippen molar-refractivity contribution in [1.82, 2.24) is 0 Å². The fourth-order valence-electron chi connectivity index (χ4n) is 2.21. The number of hydrogen-bond donors (Lipinski definition) is 1. The van der Waals surface area contributed by atoms with Crippen LogP contribution in [0.3, 0.4) is 0 Å². The van der Waals surface area contributed by atoms with E-state index in [9.17, 15) is 4.79 Å². The van der Waals surface area contributed by atoms with Gasteiger partial charge in [-0.2, -0.15) is 5.26 Å². The Bertz CT molecular complexity index is 466. The van der Waals surface area contributed by atoms with Crippen molar-refractivity contribution in [2.45, 2.75) is 39.0 Å². The summed E-state index contributed by atoms with van der Waals surface area (Å²) in [4.78, 5) is 12.0. The predicted molar refractivity (Wildman–Crippen MR) is 71.0 cm³/mol. The molecule has 0 atom stereocenters. The van der Waals surface area contributed by atoms with Gasteiger partial charge in [-0.25, -0.2) is 0 Å². The van der Waals surface area contributed by atoms with E-state index in [1.54, 1.807) is 0 Å². The number of nitrogens with zero attached hydrogens (tertiary/aromatic N) is 1. The average molecular weight is 242 g/mol. The van der Waals surface area contributed by atoms with Crippen LogP contribution in [0.1, 0.15) is 38.2 Å². The van der Waals surface area contributed by atoms with E-state index in [1.807, 2.05) is 24.3 Å². The minimum absolute atomic E-state index is 0.153. The molecule has 0 saturated heterocycles. The lowest BCUT2D eigenvalue weighted by Crippen LogP contribution is -2.40. The molecule has 1 fully saturated rings. The summed E-state index contributed by atoms with van der Waals surface area (Å²) in [6.45, 7) is 2.14. The number of anilines is 1. The Morgan fingerprint density at radius 3 is 2.50 bits per heavy atom. The minimum atomic E-state index is -0.776. The predicted octanol–water partition coefficient (Wildman–Crippen LogP) is 3.27. The number of rotatable bonds is 4. The summed E-state index contributed by atoms with van der Waals surface area (Å²) in [7, 11) is 0. The molecule has 0 spiro atoms. The maximum atomic E-state index is 12.0. The molecular weight excluding hydrogens is 224 g/mol. The fraction of sp³-hybridized carbons (Fsp3) is 0.467. The van der Waals surface area contributed by atoms with Gasteiger partial charge in [0, 0.05) is 5.69 Å². The van der Waals surface area contributed by atoms with Crippen molar-refractivity contribution in [3.05, 3.63) is 29.8 Å². The summed E-state index contributed by atoms with van der Waals surface area (Å²) in [6.07, 6.45) is 4.50. The highest BCUT2D eigenvalue weighted by Crippen LogP contribution is 2.41. The maximum Gasteiger partial charge on any atom is 0.244 e. The van der Waals surface area contributed by atoms with Crippen molar-refractivity contribution in [2.75, 3.05) is 5.32 Å². The van der Waals surface area contributed by atoms with Gasteiger partial charge in [-0.1, -0.05) is 25.5 Å². The normalized spacial score (nSPS) is 16.4. The van der Waals surface area contributed by atoms with Crippen molar-refractivity contribution in [2.24, 2.45) is 5.41 Å². The molecule has 0 unspecified atom stereocenters. The van der Waals surface area contributed by atoms with Crippen LogP contribution in [-0.4, -0.2) is 5.91 Å². The Kier molecular flexibility index (Phi) is 3.66. The molecule has 1 saturated carbocycles. The number of nitriles is 1. The van der Waals surface area contributed by atoms with Crippen molar-refractivity contribution in [1.29, 1.82) is 5.26 Å². The van der Waals surface area contributed by atoms with Crippen LogP contribution in [0.5, 0.6) is 0 Å². The van der Waals surface area contributed by atoms with E-state index in [2.05, 4.69) is 18.3 Å². The number of aryl methyl sites for hydroxylation is 1. The Hall–Kier alpha value is -1.82. The molecule has 18 heavy (non-hydrogen) atoms. The number of carbonyl (C=O) groups is 1. The highest BCUT2D eigenvalue weighted by molar-refractivity contribution is 5.97. The molecule has 3 nitrogen and oxygen atoms in total. The van der Waals surface area contributed by atoms with Gasteiger partial charge in [0.05, 0.1) is 6.07 Å². The van der Waals surface area contributed by atoms with Gasteiger partial charge in [0.2, 0.25) is 5.91 Å². The molecule has 1 amide bonds. The van der Waals surface area contributed by atoms with E-state index in [0.29, 0.717) is 12.8 Å². The molecule has 1 aliphatic rings. The molecule has 1 aromatic carbocycles. The van der Waals surface area contributed by atoms with Gasteiger partial charge in [-0.15, -0.1) is 0 Å². The summed E-state index contributed by atoms with van der Waals surface area (Å²) in [6, 6.07) is 10.0. The average Bonchev–Trinajstić information content (AvgIpc) is 2.31. The first kappa shape index (κ1) is 12.6. The van der Waals surface area contributed by atoms with Crippen LogP contribution in [0.15, 0.2) is 24.3 Å².